The fourth-order valence-corrected chi connectivity index (χ4v) is 4.27. The highest BCUT2D eigenvalue weighted by Gasteiger charge is 2.32. The van der Waals surface area contributed by atoms with E-state index >= 15 is 0 Å². The Morgan fingerprint density at radius 1 is 1.03 bits per heavy atom. The third-order valence-electron chi connectivity index (χ3n) is 5.66. The maximum Gasteiger partial charge on any atom is 0.416 e. The number of aryl methyl sites for hydroxylation is 1. The number of Topliss-reactive ketones (excluding diaryl/α,β-unsaturated/α-hetero) is 1. The van der Waals surface area contributed by atoms with Gasteiger partial charge in [0.2, 0.25) is 0 Å². The number of aromatic nitrogens is 1. The fraction of sp³-hybridized carbons (Fsp3) is 0.455. The standard InChI is InChI=1S/C22H22Cl2F3NO/c23-19-9-8-17(22(25,26)27)12-18(19)20(29)11-15-4-1-14(2-5-15)3-6-16-7-10-21(24)28-13-16/h7-10,12-15H,1-6,11H2. The van der Waals surface area contributed by atoms with Crippen LogP contribution in [-0.4, -0.2) is 10.8 Å². The van der Waals surface area contributed by atoms with Gasteiger partial charge in [0.15, 0.2) is 5.78 Å². The van der Waals surface area contributed by atoms with Gasteiger partial charge in [0.1, 0.15) is 5.15 Å². The molecule has 29 heavy (non-hydrogen) atoms. The first-order chi connectivity index (χ1) is 13.7. The summed E-state index contributed by atoms with van der Waals surface area (Å²) in [5.41, 5.74) is 0.287. The third kappa shape index (κ3) is 6.19. The number of alkyl halides is 3. The number of pyridine rings is 1. The highest BCUT2D eigenvalue weighted by atomic mass is 35.5. The maximum atomic E-state index is 12.9. The summed E-state index contributed by atoms with van der Waals surface area (Å²) in [5, 5.41) is 0.563. The van der Waals surface area contributed by atoms with E-state index in [4.69, 9.17) is 23.2 Å². The van der Waals surface area contributed by atoms with Crippen LogP contribution >= 0.6 is 23.2 Å². The summed E-state index contributed by atoms with van der Waals surface area (Å²) >= 11 is 11.8. The first kappa shape index (κ1) is 22.1. The molecule has 1 aromatic carbocycles. The van der Waals surface area contributed by atoms with E-state index < -0.39 is 11.7 Å². The maximum absolute atomic E-state index is 12.9. The zero-order chi connectivity index (χ0) is 21.0. The summed E-state index contributed by atoms with van der Waals surface area (Å²) in [4.78, 5) is 16.7. The van der Waals surface area contributed by atoms with Crippen molar-refractivity contribution < 1.29 is 18.0 Å². The summed E-state index contributed by atoms with van der Waals surface area (Å²) in [5.74, 6) is 0.479. The van der Waals surface area contributed by atoms with Crippen molar-refractivity contribution in [3.63, 3.8) is 0 Å². The van der Waals surface area contributed by atoms with Crippen LogP contribution in [0.15, 0.2) is 36.5 Å². The van der Waals surface area contributed by atoms with E-state index in [9.17, 15) is 18.0 Å². The minimum atomic E-state index is -4.49. The van der Waals surface area contributed by atoms with E-state index in [0.29, 0.717) is 11.1 Å². The lowest BCUT2D eigenvalue weighted by molar-refractivity contribution is -0.137. The van der Waals surface area contributed by atoms with Gasteiger partial charge >= 0.3 is 6.18 Å². The number of nitrogens with zero attached hydrogens (tertiary/aromatic N) is 1. The third-order valence-corrected chi connectivity index (χ3v) is 6.22. The molecule has 0 spiro atoms. The van der Waals surface area contributed by atoms with E-state index in [1.165, 1.54) is 0 Å². The Bertz CT molecular complexity index is 844. The Kier molecular flexibility index (Phi) is 7.23. The average Bonchev–Trinajstić information content (AvgIpc) is 2.68. The van der Waals surface area contributed by atoms with Gasteiger partial charge in [-0.15, -0.1) is 0 Å². The predicted octanol–water partition coefficient (Wildman–Crippen LogP) is 7.42. The molecular formula is C22H22Cl2F3NO. The number of hydrogen-bond acceptors (Lipinski definition) is 2. The normalized spacial score (nSPS) is 19.9. The van der Waals surface area contributed by atoms with Gasteiger partial charge in [0.05, 0.1) is 10.6 Å². The molecule has 2 aromatic rings. The molecule has 0 saturated heterocycles. The van der Waals surface area contributed by atoms with Gasteiger partial charge in [-0.1, -0.05) is 42.1 Å². The second-order valence-corrected chi connectivity index (χ2v) is 8.53. The van der Waals surface area contributed by atoms with Crippen molar-refractivity contribution in [3.05, 3.63) is 63.4 Å². The molecule has 7 heteroatoms. The van der Waals surface area contributed by atoms with Crippen LogP contribution in [0.4, 0.5) is 13.2 Å². The van der Waals surface area contributed by atoms with Crippen molar-refractivity contribution in [2.24, 2.45) is 11.8 Å². The van der Waals surface area contributed by atoms with Crippen LogP contribution in [0.2, 0.25) is 10.2 Å². The largest absolute Gasteiger partial charge is 0.416 e. The van der Waals surface area contributed by atoms with Crippen LogP contribution < -0.4 is 0 Å². The molecule has 1 saturated carbocycles. The number of halogens is 5. The molecule has 1 aromatic heterocycles. The molecule has 1 aliphatic rings. The van der Waals surface area contributed by atoms with Gasteiger partial charge in [-0.05, 0) is 67.3 Å². The Morgan fingerprint density at radius 2 is 1.72 bits per heavy atom. The second-order valence-electron chi connectivity index (χ2n) is 7.73. The van der Waals surface area contributed by atoms with E-state index in [1.54, 1.807) is 12.3 Å². The first-order valence-electron chi connectivity index (χ1n) is 9.72. The Morgan fingerprint density at radius 3 is 2.34 bits per heavy atom. The predicted molar refractivity (Wildman–Crippen MR) is 108 cm³/mol. The number of carbonyl (C=O) groups is 1. The topological polar surface area (TPSA) is 30.0 Å². The van der Waals surface area contributed by atoms with Crippen LogP contribution in [0, 0.1) is 11.8 Å². The summed E-state index contributed by atoms with van der Waals surface area (Å²) in [6.07, 6.45) is 3.42. The van der Waals surface area contributed by atoms with E-state index in [-0.39, 0.29) is 28.7 Å². The monoisotopic (exact) mass is 443 g/mol. The molecule has 0 atom stereocenters. The van der Waals surface area contributed by atoms with Gasteiger partial charge in [0, 0.05) is 18.2 Å². The molecule has 0 bridgehead atoms. The molecular weight excluding hydrogens is 422 g/mol. The molecule has 1 fully saturated rings. The Hall–Kier alpha value is -1.59. The van der Waals surface area contributed by atoms with Crippen LogP contribution in [0.25, 0.3) is 0 Å². The molecule has 0 amide bonds. The average molecular weight is 444 g/mol. The lowest BCUT2D eigenvalue weighted by Gasteiger charge is -2.28. The SMILES string of the molecule is O=C(CC1CCC(CCc2ccc(Cl)nc2)CC1)c1cc(C(F)(F)F)ccc1Cl. The molecule has 0 N–H and O–H groups in total. The van der Waals surface area contributed by atoms with Crippen LogP contribution in [0.3, 0.4) is 0 Å². The number of rotatable bonds is 6. The molecule has 0 unspecified atom stereocenters. The van der Waals surface area contributed by atoms with Gasteiger partial charge < -0.3 is 0 Å². The number of ketones is 1. The fourth-order valence-electron chi connectivity index (χ4n) is 3.94. The van der Waals surface area contributed by atoms with Crippen molar-refractivity contribution in [2.75, 3.05) is 0 Å². The second kappa shape index (κ2) is 9.48. The van der Waals surface area contributed by atoms with Crippen molar-refractivity contribution in [2.45, 2.75) is 51.1 Å². The van der Waals surface area contributed by atoms with Crippen LogP contribution in [0.5, 0.6) is 0 Å². The lowest BCUT2D eigenvalue weighted by atomic mass is 9.77. The number of hydrogen-bond donors (Lipinski definition) is 0. The van der Waals surface area contributed by atoms with Crippen molar-refractivity contribution in [1.82, 2.24) is 4.98 Å². The van der Waals surface area contributed by atoms with Gasteiger partial charge in [-0.25, -0.2) is 4.98 Å². The van der Waals surface area contributed by atoms with Crippen molar-refractivity contribution in [3.8, 4) is 0 Å². The number of carbonyl (C=O) groups excluding carboxylic acids is 1. The molecule has 2 nitrogen and oxygen atoms in total. The summed E-state index contributed by atoms with van der Waals surface area (Å²) in [6, 6.07) is 6.70. The van der Waals surface area contributed by atoms with Gasteiger partial charge in [-0.3, -0.25) is 4.79 Å². The molecule has 3 rings (SSSR count). The summed E-state index contributed by atoms with van der Waals surface area (Å²) in [7, 11) is 0. The van der Waals surface area contributed by atoms with Crippen molar-refractivity contribution >= 4 is 29.0 Å². The first-order valence-corrected chi connectivity index (χ1v) is 10.5. The highest BCUT2D eigenvalue weighted by molar-refractivity contribution is 6.34. The molecule has 1 aliphatic carbocycles. The summed E-state index contributed by atoms with van der Waals surface area (Å²) < 4.78 is 38.7. The molecule has 156 valence electrons. The zero-order valence-corrected chi connectivity index (χ0v) is 17.3. The summed E-state index contributed by atoms with van der Waals surface area (Å²) in [6.45, 7) is 0. The smallest absolute Gasteiger partial charge is 0.294 e. The van der Waals surface area contributed by atoms with Crippen molar-refractivity contribution in [1.29, 1.82) is 0 Å². The highest BCUT2D eigenvalue weighted by Crippen LogP contribution is 2.36. The van der Waals surface area contributed by atoms with Crippen LogP contribution in [-0.2, 0) is 12.6 Å². The number of benzene rings is 1. The minimum Gasteiger partial charge on any atom is -0.294 e. The Labute approximate surface area is 178 Å². The lowest BCUT2D eigenvalue weighted by Crippen LogP contribution is -2.18. The molecule has 0 aliphatic heterocycles. The minimum absolute atomic E-state index is 0.0288. The van der Waals surface area contributed by atoms with Gasteiger partial charge in [-0.2, -0.15) is 13.2 Å². The van der Waals surface area contributed by atoms with Crippen LogP contribution in [0.1, 0.15) is 60.0 Å². The van der Waals surface area contributed by atoms with E-state index in [2.05, 4.69) is 4.98 Å². The molecule has 0 radical (unpaired) electrons. The Balaban J connectivity index is 1.50. The van der Waals surface area contributed by atoms with E-state index in [0.717, 1.165) is 62.3 Å². The zero-order valence-electron chi connectivity index (χ0n) is 15.8. The quantitative estimate of drug-likeness (QED) is 0.343. The van der Waals surface area contributed by atoms with Gasteiger partial charge in [0.25, 0.3) is 0 Å². The van der Waals surface area contributed by atoms with E-state index in [1.807, 2.05) is 6.07 Å². The molecule has 1 heterocycles.